The van der Waals surface area contributed by atoms with Gasteiger partial charge in [0, 0.05) is 19.5 Å². The van der Waals surface area contributed by atoms with Gasteiger partial charge in [0.05, 0.1) is 26.5 Å². The molecule has 0 saturated carbocycles. The molecule has 1 N–H and O–H groups in total. The minimum atomic E-state index is -0.740. The van der Waals surface area contributed by atoms with Gasteiger partial charge in [0.15, 0.2) is 0 Å². The minimum absolute atomic E-state index is 0.0565. The molecule has 3 rings (SSSR count). The number of carbonyl (C=O) groups is 2. The van der Waals surface area contributed by atoms with E-state index in [-0.39, 0.29) is 30.7 Å². The van der Waals surface area contributed by atoms with E-state index < -0.39 is 6.04 Å². The van der Waals surface area contributed by atoms with Gasteiger partial charge in [-0.1, -0.05) is 103 Å². The topological polar surface area (TPSA) is 49.4 Å². The Balaban J connectivity index is 1.98. The lowest BCUT2D eigenvalue weighted by molar-refractivity contribution is -0.140. The summed E-state index contributed by atoms with van der Waals surface area (Å²) in [6.45, 7) is 4.74. The van der Waals surface area contributed by atoms with E-state index in [1.807, 2.05) is 44.2 Å². The molecule has 0 bridgehead atoms. The molecule has 0 radical (unpaired) electrons. The molecule has 0 heterocycles. The summed E-state index contributed by atoms with van der Waals surface area (Å²) in [7, 11) is 0. The zero-order chi connectivity index (χ0) is 26.2. The van der Waals surface area contributed by atoms with Crippen LogP contribution in [0.3, 0.4) is 0 Å². The second kappa shape index (κ2) is 13.3. The average molecular weight is 566 g/mol. The van der Waals surface area contributed by atoms with Gasteiger partial charge >= 0.3 is 0 Å². The van der Waals surface area contributed by atoms with Gasteiger partial charge in [0.1, 0.15) is 6.04 Å². The molecule has 4 nitrogen and oxygen atoms in total. The van der Waals surface area contributed by atoms with E-state index in [1.54, 1.807) is 41.3 Å². The predicted octanol–water partition coefficient (Wildman–Crippen LogP) is 7.26. The van der Waals surface area contributed by atoms with Crippen LogP contribution in [0, 0.1) is 5.92 Å². The van der Waals surface area contributed by atoms with Gasteiger partial charge in [-0.15, -0.1) is 0 Å². The zero-order valence-corrected chi connectivity index (χ0v) is 23.1. The van der Waals surface area contributed by atoms with Crippen LogP contribution in [-0.4, -0.2) is 29.3 Å². The molecule has 0 fully saturated rings. The Morgan fingerprint density at radius 3 is 1.94 bits per heavy atom. The Morgan fingerprint density at radius 2 is 1.36 bits per heavy atom. The zero-order valence-electron chi connectivity index (χ0n) is 20.1. The van der Waals surface area contributed by atoms with E-state index in [0.29, 0.717) is 38.6 Å². The van der Waals surface area contributed by atoms with Crippen LogP contribution in [0.1, 0.15) is 30.5 Å². The van der Waals surface area contributed by atoms with Crippen LogP contribution < -0.4 is 5.32 Å². The van der Waals surface area contributed by atoms with Crippen LogP contribution in [0.25, 0.3) is 0 Å². The third-order valence-electron chi connectivity index (χ3n) is 5.63. The Bertz CT molecular complexity index is 1200. The molecule has 0 aliphatic carbocycles. The van der Waals surface area contributed by atoms with E-state index in [9.17, 15) is 9.59 Å². The van der Waals surface area contributed by atoms with Crippen molar-refractivity contribution in [2.24, 2.45) is 5.92 Å². The average Bonchev–Trinajstić information content (AvgIpc) is 2.84. The lowest BCUT2D eigenvalue weighted by atomic mass is 10.0. The first-order valence-electron chi connectivity index (χ1n) is 11.6. The minimum Gasteiger partial charge on any atom is -0.354 e. The number of nitrogens with one attached hydrogen (secondary N) is 1. The SMILES string of the molecule is CC(C)CNC(=O)[C@@H](Cc1ccccc1)N(Cc1ccc(Cl)c(Cl)c1)C(=O)Cc1ccc(Cl)c(Cl)c1. The van der Waals surface area contributed by atoms with Gasteiger partial charge in [-0.25, -0.2) is 0 Å². The van der Waals surface area contributed by atoms with Crippen molar-refractivity contribution < 1.29 is 9.59 Å². The molecule has 36 heavy (non-hydrogen) atoms. The van der Waals surface area contributed by atoms with E-state index >= 15 is 0 Å². The summed E-state index contributed by atoms with van der Waals surface area (Å²) in [5.74, 6) is -0.169. The molecule has 190 valence electrons. The summed E-state index contributed by atoms with van der Waals surface area (Å²) < 4.78 is 0. The summed E-state index contributed by atoms with van der Waals surface area (Å²) in [6, 6.07) is 19.2. The summed E-state index contributed by atoms with van der Waals surface area (Å²) in [6.07, 6.45) is 0.417. The van der Waals surface area contributed by atoms with Crippen molar-refractivity contribution >= 4 is 58.2 Å². The van der Waals surface area contributed by atoms with Gasteiger partial charge in [-0.05, 0) is 46.9 Å². The van der Waals surface area contributed by atoms with Gasteiger partial charge in [0.2, 0.25) is 11.8 Å². The Labute approximate surface area is 232 Å². The Hall–Kier alpha value is -2.24. The van der Waals surface area contributed by atoms with E-state index in [0.717, 1.165) is 11.1 Å². The van der Waals surface area contributed by atoms with Crippen molar-refractivity contribution in [2.75, 3.05) is 6.54 Å². The lowest BCUT2D eigenvalue weighted by Crippen LogP contribution is -2.51. The highest BCUT2D eigenvalue weighted by molar-refractivity contribution is 6.42. The number of hydrogen-bond acceptors (Lipinski definition) is 2. The molecule has 0 aromatic heterocycles. The first-order chi connectivity index (χ1) is 17.1. The highest BCUT2D eigenvalue weighted by Gasteiger charge is 2.30. The molecule has 0 unspecified atom stereocenters. The van der Waals surface area contributed by atoms with Crippen LogP contribution >= 0.6 is 46.4 Å². The van der Waals surface area contributed by atoms with Gasteiger partial charge in [0.25, 0.3) is 0 Å². The van der Waals surface area contributed by atoms with Crippen LogP contribution in [0.2, 0.25) is 20.1 Å². The maximum absolute atomic E-state index is 13.8. The summed E-state index contributed by atoms with van der Waals surface area (Å²) in [5, 5.41) is 4.59. The first kappa shape index (κ1) is 28.3. The predicted molar refractivity (Wildman–Crippen MR) is 149 cm³/mol. The number of nitrogens with zero attached hydrogens (tertiary/aromatic N) is 1. The highest BCUT2D eigenvalue weighted by Crippen LogP contribution is 2.26. The molecule has 8 heteroatoms. The largest absolute Gasteiger partial charge is 0.354 e. The quantitative estimate of drug-likeness (QED) is 0.281. The van der Waals surface area contributed by atoms with Crippen molar-refractivity contribution in [3.63, 3.8) is 0 Å². The van der Waals surface area contributed by atoms with Gasteiger partial charge in [-0.3, -0.25) is 9.59 Å². The van der Waals surface area contributed by atoms with Crippen molar-refractivity contribution in [3.05, 3.63) is 104 Å². The summed E-state index contributed by atoms with van der Waals surface area (Å²) >= 11 is 24.6. The monoisotopic (exact) mass is 564 g/mol. The summed E-state index contributed by atoms with van der Waals surface area (Å²) in [5.41, 5.74) is 2.42. The number of carbonyl (C=O) groups excluding carboxylic acids is 2. The Morgan fingerprint density at radius 1 is 0.778 bits per heavy atom. The number of benzene rings is 3. The van der Waals surface area contributed by atoms with Crippen molar-refractivity contribution in [1.82, 2.24) is 10.2 Å². The van der Waals surface area contributed by atoms with Crippen molar-refractivity contribution in [1.29, 1.82) is 0 Å². The fourth-order valence-corrected chi connectivity index (χ4v) is 4.38. The van der Waals surface area contributed by atoms with Crippen LogP contribution in [0.5, 0.6) is 0 Å². The van der Waals surface area contributed by atoms with E-state index in [2.05, 4.69) is 5.32 Å². The molecule has 3 aromatic rings. The molecule has 0 aliphatic rings. The molecule has 1 atom stereocenters. The second-order valence-corrected chi connectivity index (χ2v) is 10.7. The fraction of sp³-hybridized carbons (Fsp3) is 0.286. The molecular formula is C28H28Cl4N2O2. The van der Waals surface area contributed by atoms with E-state index in [1.165, 1.54) is 0 Å². The molecule has 3 aromatic carbocycles. The molecule has 0 aliphatic heterocycles. The maximum Gasteiger partial charge on any atom is 0.243 e. The van der Waals surface area contributed by atoms with Crippen LogP contribution in [-0.2, 0) is 29.0 Å². The summed E-state index contributed by atoms with van der Waals surface area (Å²) in [4.78, 5) is 28.8. The normalized spacial score (nSPS) is 11.9. The fourth-order valence-electron chi connectivity index (χ4n) is 3.74. The molecule has 0 spiro atoms. The lowest BCUT2D eigenvalue weighted by Gasteiger charge is -2.32. The van der Waals surface area contributed by atoms with Crippen molar-refractivity contribution in [2.45, 2.75) is 39.3 Å². The number of halogens is 4. The molecular weight excluding hydrogens is 538 g/mol. The van der Waals surface area contributed by atoms with E-state index in [4.69, 9.17) is 46.4 Å². The van der Waals surface area contributed by atoms with Crippen LogP contribution in [0.4, 0.5) is 0 Å². The maximum atomic E-state index is 13.8. The highest BCUT2D eigenvalue weighted by atomic mass is 35.5. The number of hydrogen-bond donors (Lipinski definition) is 1. The Kier molecular flexibility index (Phi) is 10.5. The molecule has 0 saturated heterocycles. The van der Waals surface area contributed by atoms with Crippen molar-refractivity contribution in [3.8, 4) is 0 Å². The van der Waals surface area contributed by atoms with Crippen LogP contribution in [0.15, 0.2) is 66.7 Å². The molecule has 2 amide bonds. The first-order valence-corrected chi connectivity index (χ1v) is 13.1. The van der Waals surface area contributed by atoms with Gasteiger partial charge in [-0.2, -0.15) is 0 Å². The standard InChI is InChI=1S/C28H28Cl4N2O2/c1-18(2)16-33-28(36)26(14-19-6-4-3-5-7-19)34(17-21-9-11-23(30)25(32)13-21)27(35)15-20-8-10-22(29)24(31)12-20/h3-13,18,26H,14-17H2,1-2H3,(H,33,36)/t26-/m1/s1. The third kappa shape index (κ3) is 8.14. The van der Waals surface area contributed by atoms with Gasteiger partial charge < -0.3 is 10.2 Å². The third-order valence-corrected chi connectivity index (χ3v) is 7.11. The number of rotatable bonds is 10. The second-order valence-electron chi connectivity index (χ2n) is 9.04. The smallest absolute Gasteiger partial charge is 0.243 e. The number of amides is 2.